The lowest BCUT2D eigenvalue weighted by Gasteiger charge is -2.08. The highest BCUT2D eigenvalue weighted by Gasteiger charge is 2.03. The van der Waals surface area contributed by atoms with Crippen LogP contribution in [-0.4, -0.2) is 11.2 Å². The van der Waals surface area contributed by atoms with E-state index < -0.39 is 0 Å². The van der Waals surface area contributed by atoms with Crippen molar-refractivity contribution in [2.24, 2.45) is 0 Å². The van der Waals surface area contributed by atoms with Crippen molar-refractivity contribution in [3.05, 3.63) is 34.3 Å². The Hall–Kier alpha value is -0.340. The number of aliphatic hydroxyl groups excluding tert-OH is 1. The first-order chi connectivity index (χ1) is 6.22. The first-order valence-corrected chi connectivity index (χ1v) is 5.44. The summed E-state index contributed by atoms with van der Waals surface area (Å²) in [6.07, 6.45) is 2.50. The summed E-state index contributed by atoms with van der Waals surface area (Å²) in [5.74, 6) is 0. The van der Waals surface area contributed by atoms with Crippen LogP contribution in [0.1, 0.15) is 25.3 Å². The van der Waals surface area contributed by atoms with Gasteiger partial charge in [-0.15, -0.1) is 0 Å². The van der Waals surface area contributed by atoms with E-state index in [1.807, 2.05) is 24.3 Å². The molecule has 1 rings (SSSR count). The molecule has 0 amide bonds. The molecule has 13 heavy (non-hydrogen) atoms. The second kappa shape index (κ2) is 5.40. The van der Waals surface area contributed by atoms with Gasteiger partial charge in [0.05, 0.1) is 6.10 Å². The average Bonchev–Trinajstić information content (AvgIpc) is 2.09. The Morgan fingerprint density at radius 1 is 1.31 bits per heavy atom. The van der Waals surface area contributed by atoms with Crippen LogP contribution in [0.5, 0.6) is 0 Å². The molecule has 1 aromatic carbocycles. The number of hydrogen-bond donors (Lipinski definition) is 1. The number of benzene rings is 1. The van der Waals surface area contributed by atoms with Crippen molar-refractivity contribution in [2.45, 2.75) is 32.3 Å². The molecule has 0 aliphatic carbocycles. The molecule has 0 heterocycles. The summed E-state index contributed by atoms with van der Waals surface area (Å²) in [6.45, 7) is 2.09. The molecule has 0 fully saturated rings. The van der Waals surface area contributed by atoms with Crippen LogP contribution in [0.3, 0.4) is 0 Å². The minimum atomic E-state index is -0.189. The number of aliphatic hydroxyl groups is 1. The highest BCUT2D eigenvalue weighted by Crippen LogP contribution is 2.13. The van der Waals surface area contributed by atoms with Crippen molar-refractivity contribution >= 4 is 15.9 Å². The second-order valence-corrected chi connectivity index (χ2v) is 4.19. The molecule has 0 aliphatic heterocycles. The molecule has 1 nitrogen and oxygen atoms in total. The summed E-state index contributed by atoms with van der Waals surface area (Å²) >= 11 is 3.38. The maximum absolute atomic E-state index is 9.56. The summed E-state index contributed by atoms with van der Waals surface area (Å²) in [6, 6.07) is 8.11. The normalized spacial score (nSPS) is 12.8. The van der Waals surface area contributed by atoms with Gasteiger partial charge >= 0.3 is 0 Å². The minimum absolute atomic E-state index is 0.189. The van der Waals surface area contributed by atoms with Crippen LogP contribution in [0.2, 0.25) is 0 Å². The van der Waals surface area contributed by atoms with Crippen molar-refractivity contribution in [2.75, 3.05) is 0 Å². The fourth-order valence-corrected chi connectivity index (χ4v) is 1.59. The zero-order valence-electron chi connectivity index (χ0n) is 7.83. The second-order valence-electron chi connectivity index (χ2n) is 3.27. The summed E-state index contributed by atoms with van der Waals surface area (Å²) in [5, 5.41) is 9.56. The molecule has 1 aromatic rings. The van der Waals surface area contributed by atoms with Crippen LogP contribution in [0.4, 0.5) is 0 Å². The predicted molar refractivity (Wildman–Crippen MR) is 58.8 cm³/mol. The quantitative estimate of drug-likeness (QED) is 0.861. The zero-order chi connectivity index (χ0) is 9.68. The first-order valence-electron chi connectivity index (χ1n) is 4.65. The summed E-state index contributed by atoms with van der Waals surface area (Å²) in [7, 11) is 0. The highest BCUT2D eigenvalue weighted by molar-refractivity contribution is 9.10. The van der Waals surface area contributed by atoms with Crippen LogP contribution < -0.4 is 0 Å². The fraction of sp³-hybridized carbons (Fsp3) is 0.455. The summed E-state index contributed by atoms with van der Waals surface area (Å²) in [4.78, 5) is 0. The van der Waals surface area contributed by atoms with Gasteiger partial charge in [-0.2, -0.15) is 0 Å². The average molecular weight is 243 g/mol. The van der Waals surface area contributed by atoms with Crippen LogP contribution in [0.15, 0.2) is 28.7 Å². The van der Waals surface area contributed by atoms with E-state index in [2.05, 4.69) is 22.9 Å². The Morgan fingerprint density at radius 3 is 2.46 bits per heavy atom. The lowest BCUT2D eigenvalue weighted by atomic mass is 10.1. The van der Waals surface area contributed by atoms with Crippen LogP contribution in [-0.2, 0) is 6.42 Å². The maximum atomic E-state index is 9.56. The van der Waals surface area contributed by atoms with Gasteiger partial charge in [-0.05, 0) is 30.5 Å². The number of hydrogen-bond acceptors (Lipinski definition) is 1. The van der Waals surface area contributed by atoms with E-state index >= 15 is 0 Å². The lowest BCUT2D eigenvalue weighted by molar-refractivity contribution is 0.164. The van der Waals surface area contributed by atoms with Gasteiger partial charge in [0.1, 0.15) is 0 Å². The number of rotatable bonds is 4. The predicted octanol–water partition coefficient (Wildman–Crippen LogP) is 3.15. The van der Waals surface area contributed by atoms with Gasteiger partial charge in [0.15, 0.2) is 0 Å². The van der Waals surface area contributed by atoms with Crippen molar-refractivity contribution in [3.63, 3.8) is 0 Å². The maximum Gasteiger partial charge on any atom is 0.0580 e. The molecule has 0 bridgehead atoms. The first kappa shape index (κ1) is 10.7. The molecular weight excluding hydrogens is 228 g/mol. The van der Waals surface area contributed by atoms with Crippen molar-refractivity contribution in [3.8, 4) is 0 Å². The fourth-order valence-electron chi connectivity index (χ4n) is 1.33. The third kappa shape index (κ3) is 3.92. The molecule has 0 radical (unpaired) electrons. The van der Waals surface area contributed by atoms with Crippen LogP contribution in [0, 0.1) is 0 Å². The molecule has 0 aliphatic rings. The topological polar surface area (TPSA) is 20.2 Å². The monoisotopic (exact) mass is 242 g/mol. The largest absolute Gasteiger partial charge is 0.393 e. The van der Waals surface area contributed by atoms with E-state index in [-0.39, 0.29) is 6.10 Å². The molecule has 0 saturated carbocycles. The Morgan fingerprint density at radius 2 is 1.92 bits per heavy atom. The van der Waals surface area contributed by atoms with E-state index in [0.717, 1.165) is 23.7 Å². The molecule has 0 unspecified atom stereocenters. The van der Waals surface area contributed by atoms with Gasteiger partial charge < -0.3 is 5.11 Å². The van der Waals surface area contributed by atoms with E-state index in [4.69, 9.17) is 0 Å². The summed E-state index contributed by atoms with van der Waals surface area (Å²) < 4.78 is 1.08. The van der Waals surface area contributed by atoms with Gasteiger partial charge in [-0.3, -0.25) is 0 Å². The molecule has 0 spiro atoms. The minimum Gasteiger partial charge on any atom is -0.393 e. The molecule has 0 aromatic heterocycles. The van der Waals surface area contributed by atoms with E-state index in [9.17, 15) is 5.11 Å². The van der Waals surface area contributed by atoms with E-state index in [0.29, 0.717) is 0 Å². The molecule has 0 saturated heterocycles. The van der Waals surface area contributed by atoms with Crippen molar-refractivity contribution in [1.82, 2.24) is 0 Å². The Bertz CT molecular complexity index is 243. The SMILES string of the molecule is CCC[C@@H](O)Cc1ccc(Br)cc1. The lowest BCUT2D eigenvalue weighted by Crippen LogP contribution is -2.09. The molecule has 72 valence electrons. The molecule has 2 heteroatoms. The van der Waals surface area contributed by atoms with Gasteiger partial charge in [0, 0.05) is 4.47 Å². The highest BCUT2D eigenvalue weighted by atomic mass is 79.9. The van der Waals surface area contributed by atoms with Crippen molar-refractivity contribution in [1.29, 1.82) is 0 Å². The smallest absolute Gasteiger partial charge is 0.0580 e. The van der Waals surface area contributed by atoms with E-state index in [1.54, 1.807) is 0 Å². The van der Waals surface area contributed by atoms with E-state index in [1.165, 1.54) is 5.56 Å². The van der Waals surface area contributed by atoms with Gasteiger partial charge in [-0.1, -0.05) is 41.4 Å². The molecule has 1 atom stereocenters. The molecular formula is C11H15BrO. The Kier molecular flexibility index (Phi) is 4.46. The van der Waals surface area contributed by atoms with Gasteiger partial charge in [-0.25, -0.2) is 0 Å². The van der Waals surface area contributed by atoms with Crippen LogP contribution >= 0.6 is 15.9 Å². The summed E-state index contributed by atoms with van der Waals surface area (Å²) in [5.41, 5.74) is 1.20. The number of halogens is 1. The zero-order valence-corrected chi connectivity index (χ0v) is 9.42. The third-order valence-corrected chi connectivity index (χ3v) is 2.54. The van der Waals surface area contributed by atoms with Crippen LogP contribution in [0.25, 0.3) is 0 Å². The third-order valence-electron chi connectivity index (χ3n) is 2.01. The van der Waals surface area contributed by atoms with Crippen molar-refractivity contribution < 1.29 is 5.11 Å². The Balaban J connectivity index is 2.49. The molecule has 1 N–H and O–H groups in total. The Labute approximate surface area is 87.9 Å². The van der Waals surface area contributed by atoms with Gasteiger partial charge in [0.2, 0.25) is 0 Å². The van der Waals surface area contributed by atoms with Gasteiger partial charge in [0.25, 0.3) is 0 Å². The standard InChI is InChI=1S/C11H15BrO/c1-2-3-11(13)8-9-4-6-10(12)7-5-9/h4-7,11,13H,2-3,8H2,1H3/t11-/m1/s1.